The SMILES string of the molecule is O=C(O)c1cc(CNC2(CO)CCC2)on1. The number of nitrogens with zero attached hydrogens (tertiary/aromatic N) is 1. The maximum Gasteiger partial charge on any atom is 0.358 e. The first kappa shape index (κ1) is 11.1. The Hall–Kier alpha value is -1.40. The van der Waals surface area contributed by atoms with E-state index in [1.54, 1.807) is 0 Å². The Labute approximate surface area is 92.2 Å². The summed E-state index contributed by atoms with van der Waals surface area (Å²) < 4.78 is 4.86. The van der Waals surface area contributed by atoms with Gasteiger partial charge in [0.1, 0.15) is 0 Å². The number of aliphatic hydroxyl groups is 1. The Morgan fingerprint density at radius 3 is 2.81 bits per heavy atom. The van der Waals surface area contributed by atoms with Crippen molar-refractivity contribution in [3.05, 3.63) is 17.5 Å². The number of hydrogen-bond donors (Lipinski definition) is 3. The van der Waals surface area contributed by atoms with Crippen molar-refractivity contribution in [2.24, 2.45) is 0 Å². The van der Waals surface area contributed by atoms with Gasteiger partial charge in [-0.25, -0.2) is 4.79 Å². The summed E-state index contributed by atoms with van der Waals surface area (Å²) in [7, 11) is 0. The molecule has 0 saturated heterocycles. The minimum atomic E-state index is -1.10. The number of carbonyl (C=O) groups is 1. The van der Waals surface area contributed by atoms with Crippen LogP contribution in [0.3, 0.4) is 0 Å². The number of aromatic nitrogens is 1. The van der Waals surface area contributed by atoms with E-state index in [4.69, 9.17) is 9.63 Å². The second-order valence-electron chi connectivity index (χ2n) is 4.13. The van der Waals surface area contributed by atoms with Gasteiger partial charge in [0.05, 0.1) is 13.2 Å². The number of aliphatic hydroxyl groups excluding tert-OH is 1. The summed E-state index contributed by atoms with van der Waals surface area (Å²) in [6, 6.07) is 1.39. The van der Waals surface area contributed by atoms with Crippen LogP contribution in [-0.4, -0.2) is 33.5 Å². The number of rotatable bonds is 5. The van der Waals surface area contributed by atoms with E-state index in [0.717, 1.165) is 19.3 Å². The van der Waals surface area contributed by atoms with Crippen molar-refractivity contribution in [1.82, 2.24) is 10.5 Å². The lowest BCUT2D eigenvalue weighted by molar-refractivity contribution is 0.0685. The normalized spacial score (nSPS) is 18.1. The molecule has 6 heteroatoms. The van der Waals surface area contributed by atoms with E-state index in [1.807, 2.05) is 0 Å². The summed E-state index contributed by atoms with van der Waals surface area (Å²) >= 11 is 0. The van der Waals surface area contributed by atoms with Crippen molar-refractivity contribution in [1.29, 1.82) is 0 Å². The molecule has 0 radical (unpaired) electrons. The van der Waals surface area contributed by atoms with Crippen LogP contribution in [0.25, 0.3) is 0 Å². The third-order valence-electron chi connectivity index (χ3n) is 3.03. The van der Waals surface area contributed by atoms with Gasteiger partial charge in [-0.3, -0.25) is 0 Å². The van der Waals surface area contributed by atoms with Crippen LogP contribution < -0.4 is 5.32 Å². The van der Waals surface area contributed by atoms with Gasteiger partial charge >= 0.3 is 5.97 Å². The van der Waals surface area contributed by atoms with Crippen LogP contribution in [0, 0.1) is 0 Å². The highest BCUT2D eigenvalue weighted by Crippen LogP contribution is 2.31. The lowest BCUT2D eigenvalue weighted by atomic mass is 9.77. The summed E-state index contributed by atoms with van der Waals surface area (Å²) in [5, 5.41) is 24.4. The lowest BCUT2D eigenvalue weighted by Gasteiger charge is -2.41. The van der Waals surface area contributed by atoms with E-state index in [1.165, 1.54) is 6.07 Å². The molecule has 0 unspecified atom stereocenters. The summed E-state index contributed by atoms with van der Waals surface area (Å²) in [4.78, 5) is 10.6. The van der Waals surface area contributed by atoms with E-state index in [0.29, 0.717) is 12.3 Å². The molecule has 0 aromatic carbocycles. The molecule has 1 aromatic rings. The number of aromatic carboxylic acids is 1. The van der Waals surface area contributed by atoms with Crippen molar-refractivity contribution in [2.45, 2.75) is 31.3 Å². The van der Waals surface area contributed by atoms with Crippen molar-refractivity contribution in [2.75, 3.05) is 6.61 Å². The van der Waals surface area contributed by atoms with Gasteiger partial charge in [0, 0.05) is 11.6 Å². The van der Waals surface area contributed by atoms with Gasteiger partial charge in [-0.05, 0) is 19.3 Å². The van der Waals surface area contributed by atoms with Crippen LogP contribution >= 0.6 is 0 Å². The topological polar surface area (TPSA) is 95.6 Å². The van der Waals surface area contributed by atoms with Gasteiger partial charge in [0.15, 0.2) is 11.5 Å². The minimum Gasteiger partial charge on any atom is -0.476 e. The number of carboxylic acid groups (broad SMARTS) is 1. The molecule has 0 atom stereocenters. The number of nitrogens with one attached hydrogen (secondary N) is 1. The monoisotopic (exact) mass is 226 g/mol. The summed E-state index contributed by atoms with van der Waals surface area (Å²) in [5.74, 6) is -0.632. The molecule has 88 valence electrons. The van der Waals surface area contributed by atoms with Crippen LogP contribution in [0.5, 0.6) is 0 Å². The number of carboxylic acids is 1. The van der Waals surface area contributed by atoms with E-state index < -0.39 is 5.97 Å². The molecule has 1 fully saturated rings. The molecule has 1 aliphatic rings. The third kappa shape index (κ3) is 2.07. The molecule has 0 bridgehead atoms. The Kier molecular flexibility index (Phi) is 2.93. The first-order valence-electron chi connectivity index (χ1n) is 5.20. The zero-order chi connectivity index (χ0) is 11.6. The van der Waals surface area contributed by atoms with Gasteiger partial charge in [0.2, 0.25) is 0 Å². The van der Waals surface area contributed by atoms with E-state index in [9.17, 15) is 9.90 Å². The largest absolute Gasteiger partial charge is 0.476 e. The van der Waals surface area contributed by atoms with E-state index in [2.05, 4.69) is 10.5 Å². The molecule has 1 aliphatic carbocycles. The van der Waals surface area contributed by atoms with Gasteiger partial charge in [-0.2, -0.15) is 0 Å². The van der Waals surface area contributed by atoms with Crippen molar-refractivity contribution in [3.63, 3.8) is 0 Å². The fourth-order valence-electron chi connectivity index (χ4n) is 1.77. The average Bonchev–Trinajstić information content (AvgIpc) is 2.65. The fraction of sp³-hybridized carbons (Fsp3) is 0.600. The highest BCUT2D eigenvalue weighted by atomic mass is 16.5. The molecule has 0 amide bonds. The molecule has 1 heterocycles. The minimum absolute atomic E-state index is 0.0902. The summed E-state index contributed by atoms with van der Waals surface area (Å²) in [5.41, 5.74) is -0.306. The Morgan fingerprint density at radius 2 is 2.38 bits per heavy atom. The zero-order valence-corrected chi connectivity index (χ0v) is 8.77. The highest BCUT2D eigenvalue weighted by Gasteiger charge is 2.35. The Bertz CT molecular complexity index is 378. The molecule has 0 aliphatic heterocycles. The molecule has 6 nitrogen and oxygen atoms in total. The molecule has 2 rings (SSSR count). The molecule has 1 saturated carbocycles. The first-order valence-corrected chi connectivity index (χ1v) is 5.20. The zero-order valence-electron chi connectivity index (χ0n) is 8.77. The molecular formula is C10H14N2O4. The average molecular weight is 226 g/mol. The Morgan fingerprint density at radius 1 is 1.62 bits per heavy atom. The quantitative estimate of drug-likeness (QED) is 0.671. The van der Waals surface area contributed by atoms with Gasteiger partial charge in [-0.1, -0.05) is 5.16 Å². The van der Waals surface area contributed by atoms with Crippen LogP contribution in [0.1, 0.15) is 35.5 Å². The van der Waals surface area contributed by atoms with Crippen molar-refractivity contribution >= 4 is 5.97 Å². The van der Waals surface area contributed by atoms with Crippen molar-refractivity contribution < 1.29 is 19.5 Å². The van der Waals surface area contributed by atoms with Gasteiger partial charge < -0.3 is 20.1 Å². The lowest BCUT2D eigenvalue weighted by Crippen LogP contribution is -2.53. The highest BCUT2D eigenvalue weighted by molar-refractivity contribution is 5.85. The van der Waals surface area contributed by atoms with E-state index >= 15 is 0 Å². The van der Waals surface area contributed by atoms with Crippen LogP contribution in [0.15, 0.2) is 10.6 Å². The van der Waals surface area contributed by atoms with Crippen LogP contribution in [0.4, 0.5) is 0 Å². The van der Waals surface area contributed by atoms with Crippen LogP contribution in [-0.2, 0) is 6.54 Å². The molecule has 0 spiro atoms. The van der Waals surface area contributed by atoms with E-state index in [-0.39, 0.29) is 17.8 Å². The summed E-state index contributed by atoms with van der Waals surface area (Å²) in [6.07, 6.45) is 2.97. The Balaban J connectivity index is 1.91. The fourth-order valence-corrected chi connectivity index (χ4v) is 1.77. The molecule has 16 heavy (non-hydrogen) atoms. The van der Waals surface area contributed by atoms with Gasteiger partial charge in [-0.15, -0.1) is 0 Å². The summed E-state index contributed by atoms with van der Waals surface area (Å²) in [6.45, 7) is 0.480. The maximum absolute atomic E-state index is 10.6. The second kappa shape index (κ2) is 4.23. The molecule has 1 aromatic heterocycles. The smallest absolute Gasteiger partial charge is 0.358 e. The first-order chi connectivity index (χ1) is 7.65. The molecule has 3 N–H and O–H groups in total. The van der Waals surface area contributed by atoms with Crippen LogP contribution in [0.2, 0.25) is 0 Å². The number of hydrogen-bond acceptors (Lipinski definition) is 5. The second-order valence-corrected chi connectivity index (χ2v) is 4.13. The van der Waals surface area contributed by atoms with Gasteiger partial charge in [0.25, 0.3) is 0 Å². The predicted octanol–water partition coefficient (Wildman–Crippen LogP) is 0.377. The maximum atomic E-state index is 10.6. The van der Waals surface area contributed by atoms with Crippen molar-refractivity contribution in [3.8, 4) is 0 Å². The molecular weight excluding hydrogens is 212 g/mol. The standard InChI is InChI=1S/C10H14N2O4/c13-6-10(2-1-3-10)11-5-7-4-8(9(14)15)12-16-7/h4,11,13H,1-3,5-6H2,(H,14,15). The predicted molar refractivity (Wildman–Crippen MR) is 54.0 cm³/mol. The third-order valence-corrected chi connectivity index (χ3v) is 3.03.